The molecule has 1 aromatic rings. The van der Waals surface area contributed by atoms with E-state index in [-0.39, 0.29) is 5.75 Å². The number of nitrogens with one attached hydrogen (secondary N) is 2. The number of rotatable bonds is 8. The van der Waals surface area contributed by atoms with E-state index in [0.717, 1.165) is 12.3 Å². The highest BCUT2D eigenvalue weighted by Gasteiger charge is 2.09. The summed E-state index contributed by atoms with van der Waals surface area (Å²) in [6.07, 6.45) is 0. The van der Waals surface area contributed by atoms with Gasteiger partial charge in [0.1, 0.15) is 5.75 Å². The molecule has 102 valence electrons. The number of hydrogen-bond acceptors (Lipinski definition) is 4. The second-order valence-electron chi connectivity index (χ2n) is 3.73. The third-order valence-corrected chi connectivity index (χ3v) is 3.52. The first-order valence-corrected chi connectivity index (χ1v) is 7.66. The lowest BCUT2D eigenvalue weighted by Gasteiger charge is -2.09. The van der Waals surface area contributed by atoms with E-state index >= 15 is 0 Å². The van der Waals surface area contributed by atoms with Gasteiger partial charge >= 0.3 is 0 Å². The summed E-state index contributed by atoms with van der Waals surface area (Å²) in [5.41, 5.74) is 0.551. The van der Waals surface area contributed by atoms with Crippen molar-refractivity contribution in [3.05, 3.63) is 24.3 Å². The Morgan fingerprint density at radius 2 is 1.83 bits per heavy atom. The van der Waals surface area contributed by atoms with E-state index in [0.29, 0.717) is 18.8 Å². The van der Waals surface area contributed by atoms with Crippen LogP contribution in [0.3, 0.4) is 0 Å². The summed E-state index contributed by atoms with van der Waals surface area (Å²) >= 11 is 0. The second kappa shape index (κ2) is 7.23. The molecule has 0 aliphatic heterocycles. The van der Waals surface area contributed by atoms with Gasteiger partial charge in [-0.15, -0.1) is 0 Å². The molecule has 1 aromatic carbocycles. The van der Waals surface area contributed by atoms with Crippen LogP contribution in [0.1, 0.15) is 13.8 Å². The predicted molar refractivity (Wildman–Crippen MR) is 73.6 cm³/mol. The lowest BCUT2D eigenvalue weighted by molar-refractivity contribution is 0.340. The summed E-state index contributed by atoms with van der Waals surface area (Å²) in [6, 6.07) is 6.86. The second-order valence-corrected chi connectivity index (χ2v) is 5.57. The summed E-state index contributed by atoms with van der Waals surface area (Å²) in [4.78, 5) is 0. The molecule has 18 heavy (non-hydrogen) atoms. The molecular weight excluding hydrogens is 252 g/mol. The molecule has 0 fully saturated rings. The Morgan fingerprint density at radius 3 is 2.39 bits per heavy atom. The molecule has 0 unspecified atom stereocenters. The molecular formula is C12H20N2O3S. The van der Waals surface area contributed by atoms with Gasteiger partial charge in [-0.1, -0.05) is 6.92 Å². The molecule has 2 N–H and O–H groups in total. The Labute approximate surface area is 109 Å². The van der Waals surface area contributed by atoms with E-state index in [1.165, 1.54) is 0 Å². The number of sulfonamides is 1. The van der Waals surface area contributed by atoms with Gasteiger partial charge in [-0.2, -0.15) is 0 Å². The van der Waals surface area contributed by atoms with E-state index in [4.69, 9.17) is 4.74 Å². The average Bonchev–Trinajstić information content (AvgIpc) is 2.32. The number of ether oxygens (including phenoxy) is 1. The third kappa shape index (κ3) is 5.37. The fourth-order valence-electron chi connectivity index (χ4n) is 1.40. The Morgan fingerprint density at radius 1 is 1.17 bits per heavy atom. The zero-order valence-corrected chi connectivity index (χ0v) is 11.6. The van der Waals surface area contributed by atoms with Gasteiger partial charge < -0.3 is 10.1 Å². The van der Waals surface area contributed by atoms with Crippen LogP contribution in [-0.2, 0) is 10.0 Å². The van der Waals surface area contributed by atoms with Crippen molar-refractivity contribution in [3.63, 3.8) is 0 Å². The normalized spacial score (nSPS) is 11.2. The molecule has 0 bridgehead atoms. The van der Waals surface area contributed by atoms with Crippen molar-refractivity contribution in [1.29, 1.82) is 0 Å². The predicted octanol–water partition coefficient (Wildman–Crippen LogP) is 1.44. The standard InChI is InChI=1S/C12H20N2O3S/c1-3-13-9-10-18(15,16)14-11-5-7-12(8-6-11)17-4-2/h5-8,13-14H,3-4,9-10H2,1-2H3. The number of anilines is 1. The molecule has 0 saturated heterocycles. The molecule has 0 saturated carbocycles. The quantitative estimate of drug-likeness (QED) is 0.703. The first-order chi connectivity index (χ1) is 8.57. The van der Waals surface area contributed by atoms with Crippen molar-refractivity contribution in [2.75, 3.05) is 30.2 Å². The lowest BCUT2D eigenvalue weighted by Crippen LogP contribution is -2.26. The zero-order valence-electron chi connectivity index (χ0n) is 10.8. The van der Waals surface area contributed by atoms with Crippen LogP contribution in [0.2, 0.25) is 0 Å². The van der Waals surface area contributed by atoms with Crippen molar-refractivity contribution in [3.8, 4) is 5.75 Å². The summed E-state index contributed by atoms with van der Waals surface area (Å²) in [6.45, 7) is 5.64. The molecule has 5 nitrogen and oxygen atoms in total. The van der Waals surface area contributed by atoms with E-state index in [9.17, 15) is 8.42 Å². The first kappa shape index (κ1) is 14.8. The van der Waals surface area contributed by atoms with Crippen molar-refractivity contribution in [1.82, 2.24) is 5.32 Å². The monoisotopic (exact) mass is 272 g/mol. The van der Waals surface area contributed by atoms with Gasteiger partial charge in [-0.05, 0) is 37.7 Å². The number of hydrogen-bond donors (Lipinski definition) is 2. The van der Waals surface area contributed by atoms with E-state index in [2.05, 4.69) is 10.0 Å². The Bertz CT molecular complexity index is 443. The molecule has 0 heterocycles. The van der Waals surface area contributed by atoms with Crippen molar-refractivity contribution < 1.29 is 13.2 Å². The molecule has 6 heteroatoms. The van der Waals surface area contributed by atoms with Gasteiger partial charge in [-0.3, -0.25) is 4.72 Å². The molecule has 0 radical (unpaired) electrons. The Hall–Kier alpha value is -1.27. The zero-order chi connectivity index (χ0) is 13.4. The van der Waals surface area contributed by atoms with Crippen LogP contribution in [-0.4, -0.2) is 33.9 Å². The van der Waals surface area contributed by atoms with Gasteiger partial charge in [0.05, 0.1) is 12.4 Å². The Balaban J connectivity index is 2.55. The SMILES string of the molecule is CCNCCS(=O)(=O)Nc1ccc(OCC)cc1. The molecule has 0 aromatic heterocycles. The minimum absolute atomic E-state index is 0.0635. The van der Waals surface area contributed by atoms with Gasteiger partial charge in [0.25, 0.3) is 0 Å². The lowest BCUT2D eigenvalue weighted by atomic mass is 10.3. The van der Waals surface area contributed by atoms with Crippen LogP contribution in [0.25, 0.3) is 0 Å². The van der Waals surface area contributed by atoms with Crippen LogP contribution < -0.4 is 14.8 Å². The van der Waals surface area contributed by atoms with Gasteiger partial charge in [0, 0.05) is 12.2 Å². The van der Waals surface area contributed by atoms with Gasteiger partial charge in [0.15, 0.2) is 0 Å². The summed E-state index contributed by atoms with van der Waals surface area (Å²) < 4.78 is 31.2. The van der Waals surface area contributed by atoms with Crippen LogP contribution >= 0.6 is 0 Å². The average molecular weight is 272 g/mol. The highest BCUT2D eigenvalue weighted by Crippen LogP contribution is 2.16. The summed E-state index contributed by atoms with van der Waals surface area (Å²) in [5, 5.41) is 2.98. The third-order valence-electron chi connectivity index (χ3n) is 2.24. The largest absolute Gasteiger partial charge is 0.494 e. The van der Waals surface area contributed by atoms with Crippen LogP contribution in [0, 0.1) is 0 Å². The molecule has 0 amide bonds. The number of benzene rings is 1. The van der Waals surface area contributed by atoms with Crippen molar-refractivity contribution >= 4 is 15.7 Å². The van der Waals surface area contributed by atoms with E-state index < -0.39 is 10.0 Å². The molecule has 1 rings (SSSR count). The maximum atomic E-state index is 11.7. The molecule has 0 atom stereocenters. The Kier molecular flexibility index (Phi) is 5.94. The van der Waals surface area contributed by atoms with Crippen molar-refractivity contribution in [2.45, 2.75) is 13.8 Å². The van der Waals surface area contributed by atoms with Crippen LogP contribution in [0.5, 0.6) is 5.75 Å². The smallest absolute Gasteiger partial charge is 0.233 e. The van der Waals surface area contributed by atoms with Crippen LogP contribution in [0.15, 0.2) is 24.3 Å². The first-order valence-electron chi connectivity index (χ1n) is 6.01. The topological polar surface area (TPSA) is 67.4 Å². The maximum absolute atomic E-state index is 11.7. The van der Waals surface area contributed by atoms with Gasteiger partial charge in [0.2, 0.25) is 10.0 Å². The molecule has 0 spiro atoms. The fraction of sp³-hybridized carbons (Fsp3) is 0.500. The molecule has 0 aliphatic rings. The fourth-order valence-corrected chi connectivity index (χ4v) is 2.41. The maximum Gasteiger partial charge on any atom is 0.233 e. The van der Waals surface area contributed by atoms with Crippen LogP contribution in [0.4, 0.5) is 5.69 Å². The summed E-state index contributed by atoms with van der Waals surface area (Å²) in [5.74, 6) is 0.793. The summed E-state index contributed by atoms with van der Waals surface area (Å²) in [7, 11) is -3.29. The highest BCUT2D eigenvalue weighted by atomic mass is 32.2. The minimum Gasteiger partial charge on any atom is -0.494 e. The molecule has 0 aliphatic carbocycles. The highest BCUT2D eigenvalue weighted by molar-refractivity contribution is 7.92. The van der Waals surface area contributed by atoms with E-state index in [1.807, 2.05) is 13.8 Å². The van der Waals surface area contributed by atoms with Gasteiger partial charge in [-0.25, -0.2) is 8.42 Å². The van der Waals surface area contributed by atoms with E-state index in [1.54, 1.807) is 24.3 Å². The minimum atomic E-state index is -3.29. The van der Waals surface area contributed by atoms with Crippen molar-refractivity contribution in [2.24, 2.45) is 0 Å².